The Labute approximate surface area is 150 Å². The lowest BCUT2D eigenvalue weighted by Gasteiger charge is -2.26. The van der Waals surface area contributed by atoms with E-state index in [1.807, 2.05) is 4.90 Å². The molecule has 1 fully saturated rings. The number of anilines is 1. The van der Waals surface area contributed by atoms with Gasteiger partial charge in [0.25, 0.3) is 11.8 Å². The second-order valence-electron chi connectivity index (χ2n) is 6.01. The van der Waals surface area contributed by atoms with Crippen molar-refractivity contribution < 1.29 is 14.0 Å². The molecule has 4 nitrogen and oxygen atoms in total. The van der Waals surface area contributed by atoms with Crippen molar-refractivity contribution in [3.63, 3.8) is 0 Å². The van der Waals surface area contributed by atoms with Gasteiger partial charge >= 0.3 is 0 Å². The van der Waals surface area contributed by atoms with Gasteiger partial charge in [-0.1, -0.05) is 11.6 Å². The monoisotopic (exact) mass is 360 g/mol. The Hall–Kier alpha value is -2.40. The summed E-state index contributed by atoms with van der Waals surface area (Å²) in [4.78, 5) is 26.5. The van der Waals surface area contributed by atoms with E-state index in [-0.39, 0.29) is 16.8 Å². The zero-order chi connectivity index (χ0) is 17.8. The summed E-state index contributed by atoms with van der Waals surface area (Å²) in [6.45, 7) is 1.57. The number of likely N-dealkylation sites (tertiary alicyclic amines) is 1. The molecule has 0 atom stereocenters. The lowest BCUT2D eigenvalue weighted by atomic mass is 10.1. The number of hydrogen-bond donors (Lipinski definition) is 1. The summed E-state index contributed by atoms with van der Waals surface area (Å²) in [5.74, 6) is -0.892. The number of hydrogen-bond acceptors (Lipinski definition) is 2. The average Bonchev–Trinajstić information content (AvgIpc) is 2.65. The lowest BCUT2D eigenvalue weighted by Crippen LogP contribution is -2.35. The highest BCUT2D eigenvalue weighted by Gasteiger charge is 2.18. The Morgan fingerprint density at radius 2 is 1.60 bits per heavy atom. The van der Waals surface area contributed by atoms with Crippen molar-refractivity contribution in [3.8, 4) is 0 Å². The molecule has 1 saturated heterocycles. The normalized spacial score (nSPS) is 14.2. The van der Waals surface area contributed by atoms with Gasteiger partial charge < -0.3 is 10.2 Å². The van der Waals surface area contributed by atoms with Crippen LogP contribution in [-0.2, 0) is 0 Å². The first kappa shape index (κ1) is 17.4. The van der Waals surface area contributed by atoms with Crippen molar-refractivity contribution in [1.82, 2.24) is 4.90 Å². The largest absolute Gasteiger partial charge is 0.339 e. The minimum Gasteiger partial charge on any atom is -0.339 e. The molecule has 2 aromatic carbocycles. The lowest BCUT2D eigenvalue weighted by molar-refractivity contribution is 0.0724. The molecule has 1 heterocycles. The summed E-state index contributed by atoms with van der Waals surface area (Å²) in [7, 11) is 0. The molecule has 25 heavy (non-hydrogen) atoms. The van der Waals surface area contributed by atoms with Gasteiger partial charge in [0, 0.05) is 29.9 Å². The summed E-state index contributed by atoms with van der Waals surface area (Å²) in [5, 5.41) is 2.60. The van der Waals surface area contributed by atoms with Crippen molar-refractivity contribution >= 4 is 29.1 Å². The van der Waals surface area contributed by atoms with Gasteiger partial charge in [-0.05, 0) is 61.7 Å². The van der Waals surface area contributed by atoms with E-state index in [0.29, 0.717) is 16.8 Å². The van der Waals surface area contributed by atoms with Gasteiger partial charge in [-0.15, -0.1) is 0 Å². The third-order valence-corrected chi connectivity index (χ3v) is 4.50. The van der Waals surface area contributed by atoms with E-state index < -0.39 is 5.82 Å². The van der Waals surface area contributed by atoms with Gasteiger partial charge in [-0.3, -0.25) is 9.59 Å². The van der Waals surface area contributed by atoms with Crippen molar-refractivity contribution in [2.45, 2.75) is 19.3 Å². The maximum Gasteiger partial charge on any atom is 0.255 e. The van der Waals surface area contributed by atoms with Crippen molar-refractivity contribution in [1.29, 1.82) is 0 Å². The van der Waals surface area contributed by atoms with E-state index in [1.165, 1.54) is 18.2 Å². The van der Waals surface area contributed by atoms with Crippen LogP contribution >= 0.6 is 11.6 Å². The second-order valence-corrected chi connectivity index (χ2v) is 6.42. The van der Waals surface area contributed by atoms with Crippen LogP contribution in [0.3, 0.4) is 0 Å². The predicted molar refractivity (Wildman–Crippen MR) is 95.6 cm³/mol. The highest BCUT2D eigenvalue weighted by molar-refractivity contribution is 6.31. The van der Waals surface area contributed by atoms with Crippen LogP contribution in [0, 0.1) is 5.82 Å². The molecule has 130 valence electrons. The minimum absolute atomic E-state index is 0.00280. The number of nitrogens with one attached hydrogen (secondary N) is 1. The SMILES string of the molecule is O=C(Nc1ccc(F)c(Cl)c1)c1ccc(C(=O)N2CCCCC2)cc1. The van der Waals surface area contributed by atoms with Gasteiger partial charge in [-0.25, -0.2) is 4.39 Å². The van der Waals surface area contributed by atoms with E-state index >= 15 is 0 Å². The summed E-state index contributed by atoms with van der Waals surface area (Å²) < 4.78 is 13.2. The van der Waals surface area contributed by atoms with Crippen LogP contribution in [0.1, 0.15) is 40.0 Å². The zero-order valence-corrected chi connectivity index (χ0v) is 14.4. The fourth-order valence-electron chi connectivity index (χ4n) is 2.82. The first-order valence-corrected chi connectivity index (χ1v) is 8.58. The van der Waals surface area contributed by atoms with Crippen molar-refractivity contribution in [2.75, 3.05) is 18.4 Å². The Morgan fingerprint density at radius 1 is 0.960 bits per heavy atom. The molecule has 1 aliphatic heterocycles. The van der Waals surface area contributed by atoms with E-state index in [1.54, 1.807) is 24.3 Å². The molecule has 2 aromatic rings. The smallest absolute Gasteiger partial charge is 0.255 e. The van der Waals surface area contributed by atoms with E-state index in [2.05, 4.69) is 5.32 Å². The Morgan fingerprint density at radius 3 is 2.24 bits per heavy atom. The summed E-state index contributed by atoms with van der Waals surface area (Å²) >= 11 is 5.70. The Balaban J connectivity index is 1.67. The van der Waals surface area contributed by atoms with Gasteiger partial charge in [0.2, 0.25) is 0 Å². The molecule has 0 saturated carbocycles. The van der Waals surface area contributed by atoms with Gasteiger partial charge in [0.15, 0.2) is 0 Å². The number of amides is 2. The molecule has 2 amide bonds. The van der Waals surface area contributed by atoms with Crippen LogP contribution in [-0.4, -0.2) is 29.8 Å². The second kappa shape index (κ2) is 7.66. The molecule has 0 aliphatic carbocycles. The Kier molecular flexibility index (Phi) is 5.34. The molecule has 0 unspecified atom stereocenters. The summed E-state index contributed by atoms with van der Waals surface area (Å²) in [6.07, 6.45) is 3.23. The first-order valence-electron chi connectivity index (χ1n) is 8.20. The van der Waals surface area contributed by atoms with Crippen molar-refractivity contribution in [2.24, 2.45) is 0 Å². The number of carbonyl (C=O) groups is 2. The molecule has 1 N–H and O–H groups in total. The minimum atomic E-state index is -0.541. The van der Waals surface area contributed by atoms with Crippen LogP contribution in [0.4, 0.5) is 10.1 Å². The highest BCUT2D eigenvalue weighted by Crippen LogP contribution is 2.20. The number of piperidine rings is 1. The first-order chi connectivity index (χ1) is 12.0. The van der Waals surface area contributed by atoms with Crippen LogP contribution < -0.4 is 5.32 Å². The molecule has 6 heteroatoms. The third-order valence-electron chi connectivity index (χ3n) is 4.21. The highest BCUT2D eigenvalue weighted by atomic mass is 35.5. The quantitative estimate of drug-likeness (QED) is 0.884. The maximum atomic E-state index is 13.2. The standard InChI is InChI=1S/C19H18ClFN2O2/c20-16-12-15(8-9-17(16)21)22-18(24)13-4-6-14(7-5-13)19(25)23-10-2-1-3-11-23/h4-9,12H,1-3,10-11H2,(H,22,24). The Bertz CT molecular complexity index is 787. The van der Waals surface area contributed by atoms with Gasteiger partial charge in [-0.2, -0.15) is 0 Å². The van der Waals surface area contributed by atoms with E-state index in [9.17, 15) is 14.0 Å². The molecule has 0 aromatic heterocycles. The van der Waals surface area contributed by atoms with Crippen LogP contribution in [0.2, 0.25) is 5.02 Å². The summed E-state index contributed by atoms with van der Waals surface area (Å²) in [6, 6.07) is 10.5. The topological polar surface area (TPSA) is 49.4 Å². The van der Waals surface area contributed by atoms with E-state index in [0.717, 1.165) is 32.4 Å². The van der Waals surface area contributed by atoms with Crippen LogP contribution in [0.5, 0.6) is 0 Å². The van der Waals surface area contributed by atoms with Crippen LogP contribution in [0.25, 0.3) is 0 Å². The van der Waals surface area contributed by atoms with Crippen LogP contribution in [0.15, 0.2) is 42.5 Å². The fraction of sp³-hybridized carbons (Fsp3) is 0.263. The van der Waals surface area contributed by atoms with E-state index in [4.69, 9.17) is 11.6 Å². The molecule has 0 bridgehead atoms. The third kappa shape index (κ3) is 4.17. The van der Waals surface area contributed by atoms with Gasteiger partial charge in [0.05, 0.1) is 5.02 Å². The number of halogens is 2. The van der Waals surface area contributed by atoms with Crippen molar-refractivity contribution in [3.05, 3.63) is 64.4 Å². The molecule has 3 rings (SSSR count). The maximum absolute atomic E-state index is 13.2. The molecular weight excluding hydrogens is 343 g/mol. The zero-order valence-electron chi connectivity index (χ0n) is 13.6. The average molecular weight is 361 g/mol. The number of carbonyl (C=O) groups excluding carboxylic acids is 2. The predicted octanol–water partition coefficient (Wildman–Crippen LogP) is 4.36. The number of rotatable bonds is 3. The molecule has 1 aliphatic rings. The molecule has 0 radical (unpaired) electrons. The molecular formula is C19H18ClFN2O2. The summed E-state index contributed by atoms with van der Waals surface area (Å²) in [5.41, 5.74) is 1.39. The molecule has 0 spiro atoms. The number of benzene rings is 2. The fourth-order valence-corrected chi connectivity index (χ4v) is 3.00. The number of nitrogens with zero attached hydrogens (tertiary/aromatic N) is 1. The van der Waals surface area contributed by atoms with Gasteiger partial charge in [0.1, 0.15) is 5.82 Å².